The first-order valence-corrected chi connectivity index (χ1v) is 7.18. The Morgan fingerprint density at radius 1 is 1.24 bits per heavy atom. The van der Waals surface area contributed by atoms with Gasteiger partial charge in [0.1, 0.15) is 0 Å². The van der Waals surface area contributed by atoms with E-state index in [4.69, 9.17) is 10.5 Å². The van der Waals surface area contributed by atoms with Crippen molar-refractivity contribution in [3.8, 4) is 0 Å². The van der Waals surface area contributed by atoms with Gasteiger partial charge in [0.15, 0.2) is 0 Å². The first kappa shape index (κ1) is 14.9. The van der Waals surface area contributed by atoms with Crippen LogP contribution in [0.2, 0.25) is 0 Å². The van der Waals surface area contributed by atoms with Gasteiger partial charge < -0.3 is 10.5 Å². The van der Waals surface area contributed by atoms with Crippen LogP contribution in [0.4, 0.5) is 0 Å². The molecule has 0 aliphatic carbocycles. The average Bonchev–Trinajstić information content (AvgIpc) is 2.28. The van der Waals surface area contributed by atoms with Gasteiger partial charge in [-0.1, -0.05) is 20.3 Å². The quantitative estimate of drug-likeness (QED) is 0.777. The molecule has 2 N–H and O–H groups in total. The number of hydrogen-bond acceptors (Lipinski definition) is 3. The largest absolute Gasteiger partial charge is 0.375 e. The van der Waals surface area contributed by atoms with E-state index in [1.54, 1.807) is 0 Å². The summed E-state index contributed by atoms with van der Waals surface area (Å²) in [5.74, 6) is 0. The first-order chi connectivity index (χ1) is 8.07. The molecule has 102 valence electrons. The van der Waals surface area contributed by atoms with E-state index >= 15 is 0 Å². The second-order valence-corrected chi connectivity index (χ2v) is 5.53. The second kappa shape index (κ2) is 6.72. The van der Waals surface area contributed by atoms with Crippen molar-refractivity contribution < 1.29 is 4.74 Å². The Morgan fingerprint density at radius 2 is 1.82 bits per heavy atom. The number of likely N-dealkylation sites (N-methyl/N-ethyl adjacent to an activating group) is 1. The van der Waals surface area contributed by atoms with Gasteiger partial charge >= 0.3 is 0 Å². The third kappa shape index (κ3) is 3.67. The number of unbranched alkanes of at least 4 members (excludes halogenated alkanes) is 1. The Balaban J connectivity index is 2.76. The van der Waals surface area contributed by atoms with E-state index in [-0.39, 0.29) is 5.54 Å². The van der Waals surface area contributed by atoms with Crippen molar-refractivity contribution >= 4 is 0 Å². The Hall–Kier alpha value is -0.120. The van der Waals surface area contributed by atoms with Crippen LogP contribution >= 0.6 is 0 Å². The molecular formula is C14H30N2O. The highest BCUT2D eigenvalue weighted by molar-refractivity contribution is 4.97. The normalized spacial score (nSPS) is 34.2. The number of rotatable bonds is 6. The maximum absolute atomic E-state index is 6.11. The van der Waals surface area contributed by atoms with E-state index in [0.29, 0.717) is 12.2 Å². The van der Waals surface area contributed by atoms with Crippen LogP contribution in [0.5, 0.6) is 0 Å². The molecule has 0 radical (unpaired) electrons. The summed E-state index contributed by atoms with van der Waals surface area (Å²) < 4.78 is 5.86. The summed E-state index contributed by atoms with van der Waals surface area (Å²) in [5.41, 5.74) is 6.28. The van der Waals surface area contributed by atoms with Crippen molar-refractivity contribution in [2.45, 2.75) is 71.1 Å². The predicted octanol–water partition coefficient (Wildman–Crippen LogP) is 2.39. The predicted molar refractivity (Wildman–Crippen MR) is 73.2 cm³/mol. The summed E-state index contributed by atoms with van der Waals surface area (Å²) in [7, 11) is 0. The molecule has 1 saturated heterocycles. The molecule has 17 heavy (non-hydrogen) atoms. The fourth-order valence-corrected chi connectivity index (χ4v) is 3.28. The molecule has 0 bridgehead atoms. The zero-order valence-corrected chi connectivity index (χ0v) is 12.0. The lowest BCUT2D eigenvalue weighted by Gasteiger charge is -2.49. The highest BCUT2D eigenvalue weighted by Gasteiger charge is 2.41. The molecule has 1 heterocycles. The fourth-order valence-electron chi connectivity index (χ4n) is 3.28. The van der Waals surface area contributed by atoms with Gasteiger partial charge in [-0.05, 0) is 46.2 Å². The van der Waals surface area contributed by atoms with E-state index in [1.165, 1.54) is 19.4 Å². The van der Waals surface area contributed by atoms with Gasteiger partial charge in [-0.2, -0.15) is 0 Å². The molecule has 2 atom stereocenters. The molecule has 1 rings (SSSR count). The second-order valence-electron chi connectivity index (χ2n) is 5.53. The molecule has 1 aliphatic heterocycles. The zero-order valence-electron chi connectivity index (χ0n) is 12.0. The van der Waals surface area contributed by atoms with Crippen molar-refractivity contribution in [1.82, 2.24) is 4.90 Å². The molecule has 2 unspecified atom stereocenters. The standard InChI is InChI=1S/C14H30N2O/c1-5-7-8-16(6-2)14(11-15)9-12(3)17-13(4)10-14/h12-13H,5-11,15H2,1-4H3. The lowest BCUT2D eigenvalue weighted by atomic mass is 9.82. The Bertz CT molecular complexity index is 210. The zero-order chi connectivity index (χ0) is 12.9. The van der Waals surface area contributed by atoms with Gasteiger partial charge in [-0.25, -0.2) is 0 Å². The van der Waals surface area contributed by atoms with E-state index in [2.05, 4.69) is 32.6 Å². The molecule has 3 heteroatoms. The first-order valence-electron chi connectivity index (χ1n) is 7.18. The molecule has 1 aliphatic rings. The molecule has 3 nitrogen and oxygen atoms in total. The van der Waals surface area contributed by atoms with Crippen molar-refractivity contribution in [2.24, 2.45) is 5.73 Å². The Morgan fingerprint density at radius 3 is 2.24 bits per heavy atom. The summed E-state index contributed by atoms with van der Waals surface area (Å²) in [6.45, 7) is 11.9. The molecule has 0 aromatic heterocycles. The molecule has 0 amide bonds. The van der Waals surface area contributed by atoms with Crippen LogP contribution in [0.15, 0.2) is 0 Å². The summed E-state index contributed by atoms with van der Waals surface area (Å²) in [6.07, 6.45) is 5.32. The van der Waals surface area contributed by atoms with Crippen LogP contribution in [0.1, 0.15) is 53.4 Å². The van der Waals surface area contributed by atoms with Crippen molar-refractivity contribution in [2.75, 3.05) is 19.6 Å². The smallest absolute Gasteiger partial charge is 0.0568 e. The number of nitrogens with two attached hydrogens (primary N) is 1. The molecule has 1 fully saturated rings. The highest BCUT2D eigenvalue weighted by Crippen LogP contribution is 2.33. The molecule has 0 spiro atoms. The maximum Gasteiger partial charge on any atom is 0.0568 e. The van der Waals surface area contributed by atoms with Crippen LogP contribution in [0.25, 0.3) is 0 Å². The summed E-state index contributed by atoms with van der Waals surface area (Å²) in [4.78, 5) is 2.59. The van der Waals surface area contributed by atoms with Crippen LogP contribution in [0.3, 0.4) is 0 Å². The average molecular weight is 242 g/mol. The molecule has 0 saturated carbocycles. The number of ether oxygens (including phenoxy) is 1. The third-order valence-corrected chi connectivity index (χ3v) is 4.01. The summed E-state index contributed by atoms with van der Waals surface area (Å²) in [5, 5.41) is 0. The van der Waals surface area contributed by atoms with Gasteiger partial charge in [0.25, 0.3) is 0 Å². The Labute approximate surface area is 107 Å². The van der Waals surface area contributed by atoms with E-state index in [9.17, 15) is 0 Å². The molecule has 0 aromatic carbocycles. The van der Waals surface area contributed by atoms with E-state index in [0.717, 1.165) is 25.9 Å². The lowest BCUT2D eigenvalue weighted by molar-refractivity contribution is -0.102. The van der Waals surface area contributed by atoms with Crippen LogP contribution in [-0.4, -0.2) is 42.3 Å². The molecular weight excluding hydrogens is 212 g/mol. The van der Waals surface area contributed by atoms with Crippen LogP contribution in [-0.2, 0) is 4.74 Å². The number of nitrogens with zero attached hydrogens (tertiary/aromatic N) is 1. The minimum atomic E-state index is 0.168. The minimum Gasteiger partial charge on any atom is -0.375 e. The van der Waals surface area contributed by atoms with Crippen molar-refractivity contribution in [1.29, 1.82) is 0 Å². The van der Waals surface area contributed by atoms with Gasteiger partial charge in [0.05, 0.1) is 12.2 Å². The summed E-state index contributed by atoms with van der Waals surface area (Å²) >= 11 is 0. The summed E-state index contributed by atoms with van der Waals surface area (Å²) in [6, 6.07) is 0. The minimum absolute atomic E-state index is 0.168. The van der Waals surface area contributed by atoms with E-state index < -0.39 is 0 Å². The highest BCUT2D eigenvalue weighted by atomic mass is 16.5. The van der Waals surface area contributed by atoms with Gasteiger partial charge in [0.2, 0.25) is 0 Å². The lowest BCUT2D eigenvalue weighted by Crippen LogP contribution is -2.59. The van der Waals surface area contributed by atoms with Crippen LogP contribution < -0.4 is 5.73 Å². The van der Waals surface area contributed by atoms with Crippen LogP contribution in [0, 0.1) is 0 Å². The maximum atomic E-state index is 6.11. The fraction of sp³-hybridized carbons (Fsp3) is 1.00. The van der Waals surface area contributed by atoms with E-state index in [1.807, 2.05) is 0 Å². The third-order valence-electron chi connectivity index (χ3n) is 4.01. The van der Waals surface area contributed by atoms with Crippen molar-refractivity contribution in [3.05, 3.63) is 0 Å². The SMILES string of the molecule is CCCCN(CC)C1(CN)CC(C)OC(C)C1. The van der Waals surface area contributed by atoms with Gasteiger partial charge in [0, 0.05) is 12.1 Å². The van der Waals surface area contributed by atoms with Crippen molar-refractivity contribution in [3.63, 3.8) is 0 Å². The van der Waals surface area contributed by atoms with Gasteiger partial charge in [-0.3, -0.25) is 4.90 Å². The van der Waals surface area contributed by atoms with Gasteiger partial charge in [-0.15, -0.1) is 0 Å². The Kier molecular flexibility index (Phi) is 5.90. The monoisotopic (exact) mass is 242 g/mol. The molecule has 0 aromatic rings. The number of hydrogen-bond donors (Lipinski definition) is 1. The topological polar surface area (TPSA) is 38.5 Å².